The Morgan fingerprint density at radius 1 is 1.08 bits per heavy atom. The van der Waals surface area contributed by atoms with Crippen LogP contribution in [0.1, 0.15) is 38.5 Å². The van der Waals surface area contributed by atoms with Crippen molar-refractivity contribution in [2.45, 2.75) is 44.1 Å². The molecular formula is C17H21N7O. The van der Waals surface area contributed by atoms with E-state index in [1.165, 1.54) is 36.6 Å². The molecule has 4 aliphatic carbocycles. The van der Waals surface area contributed by atoms with Crippen molar-refractivity contribution in [3.8, 4) is 5.82 Å². The van der Waals surface area contributed by atoms with Crippen molar-refractivity contribution in [1.29, 1.82) is 0 Å². The van der Waals surface area contributed by atoms with Crippen molar-refractivity contribution in [3.05, 3.63) is 25.0 Å². The summed E-state index contributed by atoms with van der Waals surface area (Å²) in [5, 5.41) is 10.2. The van der Waals surface area contributed by atoms with Gasteiger partial charge in [-0.3, -0.25) is 5.32 Å². The van der Waals surface area contributed by atoms with E-state index in [0.717, 1.165) is 37.0 Å². The molecule has 8 nitrogen and oxygen atoms in total. The lowest BCUT2D eigenvalue weighted by Gasteiger charge is -2.56. The lowest BCUT2D eigenvalue weighted by Crippen LogP contribution is -2.60. The number of carbonyl (C=O) groups excluding carboxylic acids is 1. The maximum atomic E-state index is 12.6. The van der Waals surface area contributed by atoms with Crippen LogP contribution in [-0.4, -0.2) is 36.3 Å². The first-order valence-electron chi connectivity index (χ1n) is 8.94. The van der Waals surface area contributed by atoms with Gasteiger partial charge in [0.05, 0.1) is 0 Å². The predicted molar refractivity (Wildman–Crippen MR) is 90.0 cm³/mol. The molecule has 0 aliphatic heterocycles. The fraction of sp³-hybridized carbons (Fsp3) is 0.588. The Morgan fingerprint density at radius 2 is 1.80 bits per heavy atom. The van der Waals surface area contributed by atoms with Crippen LogP contribution >= 0.6 is 0 Å². The molecule has 0 spiro atoms. The van der Waals surface area contributed by atoms with Crippen LogP contribution in [0.15, 0.2) is 25.0 Å². The first kappa shape index (κ1) is 14.8. The third-order valence-corrected chi connectivity index (χ3v) is 5.96. The highest BCUT2D eigenvalue weighted by Gasteiger charge is 2.51. The van der Waals surface area contributed by atoms with Gasteiger partial charge in [0.2, 0.25) is 0 Å². The summed E-state index contributed by atoms with van der Waals surface area (Å²) < 4.78 is 1.53. The van der Waals surface area contributed by atoms with Crippen molar-refractivity contribution in [1.82, 2.24) is 30.0 Å². The molecule has 2 aromatic rings. The highest BCUT2D eigenvalue weighted by Crippen LogP contribution is 2.55. The van der Waals surface area contributed by atoms with Gasteiger partial charge < -0.3 is 5.32 Å². The number of rotatable bonds is 3. The lowest BCUT2D eigenvalue weighted by molar-refractivity contribution is -0.0127. The number of nitrogens with zero attached hydrogens (tertiary/aromatic N) is 5. The molecule has 8 heteroatoms. The van der Waals surface area contributed by atoms with E-state index < -0.39 is 0 Å². The molecule has 2 amide bonds. The normalized spacial score (nSPS) is 32.6. The number of hydrogen-bond acceptors (Lipinski definition) is 5. The zero-order valence-electron chi connectivity index (χ0n) is 13.9. The summed E-state index contributed by atoms with van der Waals surface area (Å²) in [7, 11) is 0. The molecule has 0 atom stereocenters. The zero-order valence-corrected chi connectivity index (χ0v) is 13.9. The van der Waals surface area contributed by atoms with Crippen LogP contribution in [0, 0.1) is 17.8 Å². The van der Waals surface area contributed by atoms with Crippen LogP contribution in [-0.2, 0) is 0 Å². The number of anilines is 1. The Kier molecular flexibility index (Phi) is 3.26. The van der Waals surface area contributed by atoms with Crippen LogP contribution in [0.3, 0.4) is 0 Å². The summed E-state index contributed by atoms with van der Waals surface area (Å²) in [4.78, 5) is 24.8. The SMILES string of the molecule is O=C(Nc1cc(-n2cncn2)ncn1)NC12CC3CC(CC(C3)C1)C2. The second kappa shape index (κ2) is 5.50. The minimum absolute atomic E-state index is 0.0133. The van der Waals surface area contributed by atoms with Gasteiger partial charge in [-0.05, 0) is 56.3 Å². The van der Waals surface area contributed by atoms with E-state index in [0.29, 0.717) is 11.6 Å². The van der Waals surface area contributed by atoms with Crippen molar-refractivity contribution < 1.29 is 4.79 Å². The molecule has 4 aliphatic rings. The number of amides is 2. The molecule has 4 fully saturated rings. The van der Waals surface area contributed by atoms with Crippen LogP contribution in [0.5, 0.6) is 0 Å². The van der Waals surface area contributed by atoms with Gasteiger partial charge in [0, 0.05) is 11.6 Å². The van der Waals surface area contributed by atoms with E-state index in [9.17, 15) is 4.79 Å². The van der Waals surface area contributed by atoms with Gasteiger partial charge in [-0.2, -0.15) is 5.10 Å². The van der Waals surface area contributed by atoms with E-state index in [4.69, 9.17) is 0 Å². The number of hydrogen-bond donors (Lipinski definition) is 2. The van der Waals surface area contributed by atoms with Crippen molar-refractivity contribution in [2.75, 3.05) is 5.32 Å². The molecule has 0 aromatic carbocycles. The van der Waals surface area contributed by atoms with Crippen LogP contribution in [0.25, 0.3) is 5.82 Å². The van der Waals surface area contributed by atoms with E-state index in [1.54, 1.807) is 12.4 Å². The van der Waals surface area contributed by atoms with Gasteiger partial charge in [-0.1, -0.05) is 0 Å². The number of carbonyl (C=O) groups is 1. The minimum atomic E-state index is -0.176. The summed E-state index contributed by atoms with van der Waals surface area (Å²) >= 11 is 0. The first-order valence-corrected chi connectivity index (χ1v) is 8.94. The number of nitrogens with one attached hydrogen (secondary N) is 2. The summed E-state index contributed by atoms with van der Waals surface area (Å²) in [5.41, 5.74) is -0.0133. The Labute approximate surface area is 145 Å². The third kappa shape index (κ3) is 2.75. The Hall–Kier alpha value is -2.51. The van der Waals surface area contributed by atoms with E-state index in [2.05, 4.69) is 30.7 Å². The largest absolute Gasteiger partial charge is 0.332 e. The second-order valence-corrected chi connectivity index (χ2v) is 7.88. The molecule has 0 unspecified atom stereocenters. The first-order chi connectivity index (χ1) is 12.2. The fourth-order valence-electron chi connectivity index (χ4n) is 5.52. The standard InChI is InChI=1S/C17H21N7O/c25-16(22-14-4-15(20-9-19-14)24-10-18-8-21-24)23-17-5-11-1-12(6-17)3-13(2-11)7-17/h4,8-13H,1-3,5-7H2,(H2,19,20,22,23,25). The maximum Gasteiger partial charge on any atom is 0.320 e. The molecule has 2 heterocycles. The molecule has 4 saturated carbocycles. The molecule has 2 N–H and O–H groups in total. The van der Waals surface area contributed by atoms with Crippen LogP contribution in [0.2, 0.25) is 0 Å². The quantitative estimate of drug-likeness (QED) is 0.893. The summed E-state index contributed by atoms with van der Waals surface area (Å²) in [6.07, 6.45) is 11.9. The molecule has 25 heavy (non-hydrogen) atoms. The van der Waals surface area contributed by atoms with Crippen molar-refractivity contribution in [3.63, 3.8) is 0 Å². The van der Waals surface area contributed by atoms with Crippen molar-refractivity contribution in [2.24, 2.45) is 17.8 Å². The Bertz CT molecular complexity index is 753. The monoisotopic (exact) mass is 339 g/mol. The van der Waals surface area contributed by atoms with Gasteiger partial charge in [-0.15, -0.1) is 0 Å². The summed E-state index contributed by atoms with van der Waals surface area (Å²) in [6, 6.07) is 1.51. The highest BCUT2D eigenvalue weighted by molar-refractivity contribution is 5.89. The van der Waals surface area contributed by atoms with Gasteiger partial charge in [0.25, 0.3) is 0 Å². The average molecular weight is 339 g/mol. The number of urea groups is 1. The second-order valence-electron chi connectivity index (χ2n) is 7.88. The average Bonchev–Trinajstić information content (AvgIpc) is 3.07. The summed E-state index contributed by atoms with van der Waals surface area (Å²) in [5.74, 6) is 3.42. The molecule has 130 valence electrons. The molecule has 6 rings (SSSR count). The molecule has 0 radical (unpaired) electrons. The summed E-state index contributed by atoms with van der Waals surface area (Å²) in [6.45, 7) is 0. The van der Waals surface area contributed by atoms with Crippen molar-refractivity contribution >= 4 is 11.8 Å². The molecular weight excluding hydrogens is 318 g/mol. The lowest BCUT2D eigenvalue weighted by atomic mass is 9.53. The number of aromatic nitrogens is 5. The van der Waals surface area contributed by atoms with E-state index in [-0.39, 0.29) is 11.6 Å². The predicted octanol–water partition coefficient (Wildman–Crippen LogP) is 2.15. The van der Waals surface area contributed by atoms with Gasteiger partial charge in [-0.25, -0.2) is 24.4 Å². The zero-order chi connectivity index (χ0) is 16.9. The maximum absolute atomic E-state index is 12.6. The van der Waals surface area contributed by atoms with E-state index in [1.807, 2.05) is 0 Å². The van der Waals surface area contributed by atoms with Gasteiger partial charge >= 0.3 is 6.03 Å². The van der Waals surface area contributed by atoms with E-state index >= 15 is 0 Å². The third-order valence-electron chi connectivity index (χ3n) is 5.96. The topological polar surface area (TPSA) is 97.6 Å². The highest BCUT2D eigenvalue weighted by atomic mass is 16.2. The molecule has 4 bridgehead atoms. The Morgan fingerprint density at radius 3 is 2.44 bits per heavy atom. The van der Waals surface area contributed by atoms with Gasteiger partial charge in [0.1, 0.15) is 24.8 Å². The fourth-order valence-corrected chi connectivity index (χ4v) is 5.52. The van der Waals surface area contributed by atoms with Crippen LogP contribution in [0.4, 0.5) is 10.6 Å². The molecule has 2 aromatic heterocycles. The molecule has 0 saturated heterocycles. The van der Waals surface area contributed by atoms with Crippen LogP contribution < -0.4 is 10.6 Å². The smallest absolute Gasteiger partial charge is 0.320 e. The minimum Gasteiger partial charge on any atom is -0.332 e. The Balaban J connectivity index is 1.29. The van der Waals surface area contributed by atoms with Gasteiger partial charge in [0.15, 0.2) is 5.82 Å².